The van der Waals surface area contributed by atoms with Gasteiger partial charge in [0.2, 0.25) is 0 Å². The van der Waals surface area contributed by atoms with Gasteiger partial charge in [-0.15, -0.1) is 0 Å². The van der Waals surface area contributed by atoms with Crippen LogP contribution in [0, 0.1) is 6.92 Å². The largest absolute Gasteiger partial charge is 0.348 e. The van der Waals surface area contributed by atoms with Crippen LogP contribution in [0.3, 0.4) is 0 Å². The van der Waals surface area contributed by atoms with E-state index in [4.69, 9.17) is 0 Å². The number of carbonyl (C=O) groups is 1. The van der Waals surface area contributed by atoms with Crippen molar-refractivity contribution in [2.24, 2.45) is 0 Å². The van der Waals surface area contributed by atoms with E-state index in [-0.39, 0.29) is 10.8 Å². The Balaban J connectivity index is 1.46. The quantitative estimate of drug-likeness (QED) is 0.524. The predicted molar refractivity (Wildman–Crippen MR) is 135 cm³/mol. The van der Waals surface area contributed by atoms with Crippen LogP contribution in [-0.4, -0.2) is 39.4 Å². The molecule has 0 atom stereocenters. The third-order valence-corrected chi connectivity index (χ3v) is 8.10. The van der Waals surface area contributed by atoms with Gasteiger partial charge >= 0.3 is 0 Å². The van der Waals surface area contributed by atoms with Crippen LogP contribution in [0.1, 0.15) is 39.9 Å². The van der Waals surface area contributed by atoms with Gasteiger partial charge in [-0.1, -0.05) is 48.0 Å². The van der Waals surface area contributed by atoms with E-state index >= 15 is 0 Å². The molecule has 0 radical (unpaired) electrons. The zero-order chi connectivity index (χ0) is 24.1. The normalized spacial score (nSPS) is 14.2. The molecule has 3 aromatic rings. The van der Waals surface area contributed by atoms with Gasteiger partial charge in [-0.05, 0) is 74.3 Å². The first kappa shape index (κ1) is 24.0. The molecule has 1 aliphatic heterocycles. The maximum atomic E-state index is 13.0. The van der Waals surface area contributed by atoms with Crippen molar-refractivity contribution >= 4 is 21.6 Å². The minimum atomic E-state index is -3.73. The fourth-order valence-corrected chi connectivity index (χ4v) is 5.38. The van der Waals surface area contributed by atoms with Gasteiger partial charge in [0.05, 0.1) is 10.6 Å². The Morgan fingerprint density at radius 1 is 0.941 bits per heavy atom. The van der Waals surface area contributed by atoms with Crippen LogP contribution in [0.15, 0.2) is 77.7 Å². The van der Waals surface area contributed by atoms with Gasteiger partial charge < -0.3 is 5.32 Å². The number of sulfonamides is 1. The van der Waals surface area contributed by atoms with E-state index in [1.165, 1.54) is 29.8 Å². The fraction of sp³-hybridized carbons (Fsp3) is 0.296. The number of nitrogens with zero attached hydrogens (tertiary/aromatic N) is 2. The van der Waals surface area contributed by atoms with Crippen LogP contribution in [-0.2, 0) is 23.1 Å². The Bertz CT molecular complexity index is 1250. The van der Waals surface area contributed by atoms with Gasteiger partial charge in [0.15, 0.2) is 0 Å². The molecule has 1 fully saturated rings. The highest BCUT2D eigenvalue weighted by Crippen LogP contribution is 2.23. The molecule has 7 heteroatoms. The number of benzene rings is 3. The van der Waals surface area contributed by atoms with Crippen molar-refractivity contribution in [2.45, 2.75) is 37.8 Å². The maximum Gasteiger partial charge on any atom is 0.264 e. The van der Waals surface area contributed by atoms with Crippen LogP contribution in [0.25, 0.3) is 0 Å². The summed E-state index contributed by atoms with van der Waals surface area (Å²) in [6.07, 6.45) is 2.48. The number of carbonyl (C=O) groups excluding carboxylic acids is 1. The van der Waals surface area contributed by atoms with E-state index in [0.29, 0.717) is 17.8 Å². The van der Waals surface area contributed by atoms with E-state index < -0.39 is 10.0 Å². The number of aryl methyl sites for hydroxylation is 1. The van der Waals surface area contributed by atoms with Crippen LogP contribution in [0.2, 0.25) is 0 Å². The van der Waals surface area contributed by atoms with Crippen molar-refractivity contribution in [3.8, 4) is 0 Å². The topological polar surface area (TPSA) is 69.7 Å². The summed E-state index contributed by atoms with van der Waals surface area (Å²) in [5.74, 6) is -0.237. The van der Waals surface area contributed by atoms with Gasteiger partial charge in [-0.2, -0.15) is 0 Å². The van der Waals surface area contributed by atoms with Crippen molar-refractivity contribution in [3.05, 3.63) is 95.1 Å². The van der Waals surface area contributed by atoms with E-state index in [1.807, 2.05) is 25.1 Å². The Hall–Kier alpha value is -3.16. The molecular formula is C27H31N3O3S. The highest BCUT2D eigenvalue weighted by molar-refractivity contribution is 7.92. The van der Waals surface area contributed by atoms with Crippen LogP contribution < -0.4 is 9.62 Å². The van der Waals surface area contributed by atoms with Gasteiger partial charge in [-0.3, -0.25) is 14.0 Å². The zero-order valence-electron chi connectivity index (χ0n) is 19.7. The number of rotatable bonds is 8. The highest BCUT2D eigenvalue weighted by Gasteiger charge is 2.22. The van der Waals surface area contributed by atoms with Gasteiger partial charge in [-0.25, -0.2) is 8.42 Å². The summed E-state index contributed by atoms with van der Waals surface area (Å²) in [7, 11) is -2.23. The Morgan fingerprint density at radius 2 is 1.62 bits per heavy atom. The average Bonchev–Trinajstić information content (AvgIpc) is 3.36. The van der Waals surface area contributed by atoms with Crippen molar-refractivity contribution < 1.29 is 13.2 Å². The average molecular weight is 478 g/mol. The number of nitrogens with one attached hydrogen (secondary N) is 1. The van der Waals surface area contributed by atoms with E-state index in [0.717, 1.165) is 30.8 Å². The molecule has 3 aromatic carbocycles. The van der Waals surface area contributed by atoms with Gasteiger partial charge in [0.1, 0.15) is 0 Å². The van der Waals surface area contributed by atoms with Gasteiger partial charge in [0.25, 0.3) is 15.9 Å². The standard InChI is InChI=1S/C27H31N3O3S/c1-21-12-14-26(15-13-21)34(32,33)29(2)25-11-7-10-22(18-25)27(31)28-19-23-8-3-4-9-24(23)20-30-16-5-6-17-30/h3-4,7-15,18H,5-6,16-17,19-20H2,1-2H3,(H,28,31). The molecule has 1 aliphatic rings. The number of hydrogen-bond acceptors (Lipinski definition) is 4. The number of amides is 1. The third kappa shape index (κ3) is 5.48. The van der Waals surface area contributed by atoms with Crippen molar-refractivity contribution in [1.29, 1.82) is 0 Å². The van der Waals surface area contributed by atoms with Crippen molar-refractivity contribution in [3.63, 3.8) is 0 Å². The first-order chi connectivity index (χ1) is 16.3. The Morgan fingerprint density at radius 3 is 2.32 bits per heavy atom. The molecule has 6 nitrogen and oxygen atoms in total. The summed E-state index contributed by atoms with van der Waals surface area (Å²) in [4.78, 5) is 15.6. The molecule has 0 spiro atoms. The Kier molecular flexibility index (Phi) is 7.34. The summed E-state index contributed by atoms with van der Waals surface area (Å²) in [5, 5.41) is 3.00. The summed E-state index contributed by atoms with van der Waals surface area (Å²) in [5.41, 5.74) is 4.16. The maximum absolute atomic E-state index is 13.0. The Labute approximate surface area is 202 Å². The molecule has 1 N–H and O–H groups in total. The minimum Gasteiger partial charge on any atom is -0.348 e. The number of likely N-dealkylation sites (tertiary alicyclic amines) is 1. The minimum absolute atomic E-state index is 0.213. The molecule has 1 saturated heterocycles. The predicted octanol–water partition coefficient (Wildman–Crippen LogP) is 4.35. The molecule has 4 rings (SSSR count). The second kappa shape index (κ2) is 10.4. The molecule has 1 heterocycles. The summed E-state index contributed by atoms with van der Waals surface area (Å²) in [6, 6.07) is 21.6. The molecular weight excluding hydrogens is 446 g/mol. The monoisotopic (exact) mass is 477 g/mol. The molecule has 0 aliphatic carbocycles. The lowest BCUT2D eigenvalue weighted by Crippen LogP contribution is -2.28. The lowest BCUT2D eigenvalue weighted by Gasteiger charge is -2.20. The van der Waals surface area contributed by atoms with E-state index in [9.17, 15) is 13.2 Å². The lowest BCUT2D eigenvalue weighted by atomic mass is 10.1. The SMILES string of the molecule is Cc1ccc(S(=O)(=O)N(C)c2cccc(C(=O)NCc3ccccc3CN3CCCC3)c2)cc1. The number of hydrogen-bond donors (Lipinski definition) is 1. The lowest BCUT2D eigenvalue weighted by molar-refractivity contribution is 0.0950. The summed E-state index contributed by atoms with van der Waals surface area (Å²) >= 11 is 0. The first-order valence-electron chi connectivity index (χ1n) is 11.6. The van der Waals surface area contributed by atoms with Crippen LogP contribution >= 0.6 is 0 Å². The summed E-state index contributed by atoms with van der Waals surface area (Å²) in [6.45, 7) is 5.46. The molecule has 178 valence electrons. The van der Waals surface area contributed by atoms with Crippen LogP contribution in [0.5, 0.6) is 0 Å². The first-order valence-corrected chi connectivity index (χ1v) is 13.0. The molecule has 0 aromatic heterocycles. The number of anilines is 1. The van der Waals surface area contributed by atoms with Crippen molar-refractivity contribution in [2.75, 3.05) is 24.4 Å². The zero-order valence-corrected chi connectivity index (χ0v) is 20.5. The molecule has 0 bridgehead atoms. The van der Waals surface area contributed by atoms with E-state index in [2.05, 4.69) is 16.3 Å². The van der Waals surface area contributed by atoms with Crippen LogP contribution in [0.4, 0.5) is 5.69 Å². The highest BCUT2D eigenvalue weighted by atomic mass is 32.2. The molecule has 1 amide bonds. The van der Waals surface area contributed by atoms with E-state index in [1.54, 1.807) is 48.5 Å². The van der Waals surface area contributed by atoms with Gasteiger partial charge in [0, 0.05) is 25.7 Å². The second-order valence-electron chi connectivity index (χ2n) is 8.77. The molecule has 34 heavy (non-hydrogen) atoms. The second-order valence-corrected chi connectivity index (χ2v) is 10.7. The smallest absolute Gasteiger partial charge is 0.264 e. The van der Waals surface area contributed by atoms with Crippen molar-refractivity contribution in [1.82, 2.24) is 10.2 Å². The fourth-order valence-electron chi connectivity index (χ4n) is 4.19. The molecule has 0 saturated carbocycles. The third-order valence-electron chi connectivity index (χ3n) is 6.30. The molecule has 0 unspecified atom stereocenters. The summed E-state index contributed by atoms with van der Waals surface area (Å²) < 4.78 is 27.3.